The van der Waals surface area contributed by atoms with Crippen LogP contribution >= 0.6 is 0 Å². The summed E-state index contributed by atoms with van der Waals surface area (Å²) in [5.74, 6) is 0.362. The zero-order valence-corrected chi connectivity index (χ0v) is 13.3. The van der Waals surface area contributed by atoms with E-state index >= 15 is 0 Å². The summed E-state index contributed by atoms with van der Waals surface area (Å²) < 4.78 is 45.6. The van der Waals surface area contributed by atoms with E-state index < -0.39 is 11.9 Å². The van der Waals surface area contributed by atoms with Crippen LogP contribution in [-0.2, 0) is 12.7 Å². The topological polar surface area (TPSA) is 66.0 Å². The molecule has 2 aromatic heterocycles. The van der Waals surface area contributed by atoms with Gasteiger partial charge in [0, 0.05) is 18.2 Å². The zero-order valence-electron chi connectivity index (χ0n) is 13.3. The lowest BCUT2D eigenvalue weighted by atomic mass is 10.1. The van der Waals surface area contributed by atoms with Gasteiger partial charge in [0.15, 0.2) is 5.69 Å². The molecule has 0 bridgehead atoms. The van der Waals surface area contributed by atoms with E-state index in [9.17, 15) is 13.2 Å². The highest BCUT2D eigenvalue weighted by molar-refractivity contribution is 5.63. The molecule has 0 saturated heterocycles. The normalized spacial score (nSPS) is 11.6. The van der Waals surface area contributed by atoms with Gasteiger partial charge in [0.05, 0.1) is 24.7 Å². The second kappa shape index (κ2) is 6.56. The Morgan fingerprint density at radius 1 is 1.12 bits per heavy atom. The molecule has 2 heterocycles. The molecule has 0 spiro atoms. The maximum Gasteiger partial charge on any atom is 0.435 e. The summed E-state index contributed by atoms with van der Waals surface area (Å²) in [6.45, 7) is 0.357. The van der Waals surface area contributed by atoms with E-state index in [2.05, 4.69) is 10.1 Å². The standard InChI is InChI=1S/C17H15F3N4O/c1-25-16-7-6-13(10-22-16)24-14(8-15(23-24)17(18,19)20)12-4-2-11(9-21)3-5-12/h2-8,10H,9,21H2,1H3. The molecule has 130 valence electrons. The van der Waals surface area contributed by atoms with Crippen molar-refractivity contribution in [1.82, 2.24) is 14.8 Å². The number of nitrogens with two attached hydrogens (primary N) is 1. The number of ether oxygens (including phenoxy) is 1. The third-order valence-electron chi connectivity index (χ3n) is 3.66. The molecule has 0 amide bonds. The summed E-state index contributed by atoms with van der Waals surface area (Å²) in [5.41, 5.74) is 6.78. The Labute approximate surface area is 141 Å². The van der Waals surface area contributed by atoms with Crippen molar-refractivity contribution in [2.45, 2.75) is 12.7 Å². The summed E-state index contributed by atoms with van der Waals surface area (Å²) in [7, 11) is 1.46. The predicted molar refractivity (Wildman–Crippen MR) is 86.2 cm³/mol. The van der Waals surface area contributed by atoms with E-state index in [-0.39, 0.29) is 0 Å². The van der Waals surface area contributed by atoms with Gasteiger partial charge < -0.3 is 10.5 Å². The molecule has 0 atom stereocenters. The van der Waals surface area contributed by atoms with Gasteiger partial charge in [-0.05, 0) is 17.7 Å². The molecule has 0 fully saturated rings. The highest BCUT2D eigenvalue weighted by Crippen LogP contribution is 2.33. The van der Waals surface area contributed by atoms with Crippen molar-refractivity contribution in [3.8, 4) is 22.8 Å². The first-order valence-electron chi connectivity index (χ1n) is 7.39. The first kappa shape index (κ1) is 17.0. The number of aromatic nitrogens is 3. The molecule has 1 aromatic carbocycles. The molecular formula is C17H15F3N4O. The number of hydrogen-bond acceptors (Lipinski definition) is 4. The van der Waals surface area contributed by atoms with E-state index in [0.717, 1.165) is 11.6 Å². The number of nitrogens with zero attached hydrogens (tertiary/aromatic N) is 3. The average molecular weight is 348 g/mol. The van der Waals surface area contributed by atoms with Gasteiger partial charge in [-0.15, -0.1) is 0 Å². The molecule has 0 aliphatic carbocycles. The van der Waals surface area contributed by atoms with Crippen LogP contribution in [0.3, 0.4) is 0 Å². The minimum atomic E-state index is -4.54. The van der Waals surface area contributed by atoms with Gasteiger partial charge in [0.25, 0.3) is 0 Å². The number of rotatable bonds is 4. The van der Waals surface area contributed by atoms with Gasteiger partial charge >= 0.3 is 6.18 Å². The molecule has 0 aliphatic rings. The summed E-state index contributed by atoms with van der Waals surface area (Å²) in [5, 5.41) is 3.71. The highest BCUT2D eigenvalue weighted by Gasteiger charge is 2.35. The Bertz CT molecular complexity index is 790. The maximum absolute atomic E-state index is 13.1. The fraction of sp³-hybridized carbons (Fsp3) is 0.176. The first-order chi connectivity index (χ1) is 11.9. The number of benzene rings is 1. The van der Waals surface area contributed by atoms with Crippen molar-refractivity contribution < 1.29 is 17.9 Å². The predicted octanol–water partition coefficient (Wildman–Crippen LogP) is 3.42. The van der Waals surface area contributed by atoms with Crippen LogP contribution in [0.5, 0.6) is 5.88 Å². The quantitative estimate of drug-likeness (QED) is 0.785. The third kappa shape index (κ3) is 3.48. The van der Waals surface area contributed by atoms with E-state index in [1.54, 1.807) is 36.4 Å². The molecule has 3 rings (SSSR count). The Morgan fingerprint density at radius 2 is 1.84 bits per heavy atom. The number of methoxy groups -OCH3 is 1. The molecule has 3 aromatic rings. The van der Waals surface area contributed by atoms with Crippen molar-refractivity contribution in [2.75, 3.05) is 7.11 Å². The van der Waals surface area contributed by atoms with Crippen molar-refractivity contribution >= 4 is 0 Å². The SMILES string of the molecule is COc1ccc(-n2nc(C(F)(F)F)cc2-c2ccc(CN)cc2)cn1. The zero-order chi connectivity index (χ0) is 18.0. The number of hydrogen-bond donors (Lipinski definition) is 1. The van der Waals surface area contributed by atoms with Gasteiger partial charge in [-0.25, -0.2) is 9.67 Å². The summed E-state index contributed by atoms with van der Waals surface area (Å²) in [6, 6.07) is 11.1. The smallest absolute Gasteiger partial charge is 0.435 e. The molecule has 25 heavy (non-hydrogen) atoms. The fourth-order valence-corrected chi connectivity index (χ4v) is 2.35. The Morgan fingerprint density at radius 3 is 2.36 bits per heavy atom. The van der Waals surface area contributed by atoms with Crippen LogP contribution in [-0.4, -0.2) is 21.9 Å². The Hall–Kier alpha value is -2.87. The number of alkyl halides is 3. The van der Waals surface area contributed by atoms with Crippen LogP contribution in [0, 0.1) is 0 Å². The molecule has 0 aliphatic heterocycles. The second-order valence-corrected chi connectivity index (χ2v) is 5.28. The van der Waals surface area contributed by atoms with Crippen LogP contribution in [0.15, 0.2) is 48.7 Å². The summed E-state index contributed by atoms with van der Waals surface area (Å²) in [4.78, 5) is 4.03. The largest absolute Gasteiger partial charge is 0.481 e. The molecule has 8 heteroatoms. The monoisotopic (exact) mass is 348 g/mol. The highest BCUT2D eigenvalue weighted by atomic mass is 19.4. The van der Waals surface area contributed by atoms with Gasteiger partial charge in [-0.3, -0.25) is 0 Å². The lowest BCUT2D eigenvalue weighted by molar-refractivity contribution is -0.141. The molecule has 0 saturated carbocycles. The van der Waals surface area contributed by atoms with Gasteiger partial charge in [0.2, 0.25) is 5.88 Å². The molecule has 0 unspecified atom stereocenters. The maximum atomic E-state index is 13.1. The Kier molecular flexibility index (Phi) is 4.45. The van der Waals surface area contributed by atoms with Crippen molar-refractivity contribution in [1.29, 1.82) is 0 Å². The van der Waals surface area contributed by atoms with Crippen LogP contribution < -0.4 is 10.5 Å². The second-order valence-electron chi connectivity index (χ2n) is 5.28. The average Bonchev–Trinajstić information content (AvgIpc) is 3.07. The van der Waals surface area contributed by atoms with Crippen LogP contribution in [0.2, 0.25) is 0 Å². The lowest BCUT2D eigenvalue weighted by Gasteiger charge is -2.08. The molecule has 2 N–H and O–H groups in total. The fourth-order valence-electron chi connectivity index (χ4n) is 2.35. The minimum absolute atomic E-state index is 0.308. The molecule has 5 nitrogen and oxygen atoms in total. The van der Waals surface area contributed by atoms with Gasteiger partial charge in [-0.2, -0.15) is 18.3 Å². The molecule has 0 radical (unpaired) electrons. The Balaban J connectivity index is 2.12. The van der Waals surface area contributed by atoms with E-state index in [0.29, 0.717) is 29.4 Å². The van der Waals surface area contributed by atoms with Crippen LogP contribution in [0.4, 0.5) is 13.2 Å². The van der Waals surface area contributed by atoms with E-state index in [1.165, 1.54) is 18.0 Å². The lowest BCUT2D eigenvalue weighted by Crippen LogP contribution is -2.07. The van der Waals surface area contributed by atoms with Crippen LogP contribution in [0.1, 0.15) is 11.3 Å². The first-order valence-corrected chi connectivity index (χ1v) is 7.39. The number of pyridine rings is 1. The van der Waals surface area contributed by atoms with Crippen molar-refractivity contribution in [3.05, 3.63) is 59.9 Å². The van der Waals surface area contributed by atoms with Gasteiger partial charge in [0.1, 0.15) is 0 Å². The number of halogens is 3. The third-order valence-corrected chi connectivity index (χ3v) is 3.66. The van der Waals surface area contributed by atoms with Crippen molar-refractivity contribution in [2.24, 2.45) is 5.73 Å². The van der Waals surface area contributed by atoms with Crippen LogP contribution in [0.25, 0.3) is 16.9 Å². The summed E-state index contributed by atoms with van der Waals surface area (Å²) >= 11 is 0. The minimum Gasteiger partial charge on any atom is -0.481 e. The van der Waals surface area contributed by atoms with Crippen molar-refractivity contribution in [3.63, 3.8) is 0 Å². The molecular weight excluding hydrogens is 333 g/mol. The summed E-state index contributed by atoms with van der Waals surface area (Å²) in [6.07, 6.45) is -3.14. The van der Waals surface area contributed by atoms with Gasteiger partial charge in [-0.1, -0.05) is 24.3 Å². The van der Waals surface area contributed by atoms with E-state index in [4.69, 9.17) is 10.5 Å². The van der Waals surface area contributed by atoms with E-state index in [1.807, 2.05) is 0 Å².